The van der Waals surface area contributed by atoms with E-state index in [1.165, 1.54) is 0 Å². The summed E-state index contributed by atoms with van der Waals surface area (Å²) in [5.41, 5.74) is 0.688. The fraction of sp³-hybridized carbons (Fsp3) is 0.400. The number of aromatic hydroxyl groups is 1. The van der Waals surface area contributed by atoms with E-state index in [-0.39, 0.29) is 5.75 Å². The highest BCUT2D eigenvalue weighted by Gasteiger charge is 2.35. The lowest BCUT2D eigenvalue weighted by Crippen LogP contribution is -2.22. The van der Waals surface area contributed by atoms with Gasteiger partial charge in [-0.1, -0.05) is 12.1 Å². The molecule has 0 amide bonds. The Morgan fingerprint density at radius 1 is 1.23 bits per heavy atom. The number of rotatable bonds is 1. The number of hydrogen-bond donors (Lipinski definition) is 1. The van der Waals surface area contributed by atoms with Gasteiger partial charge < -0.3 is 14.6 Å². The molecule has 1 fully saturated rings. The minimum absolute atomic E-state index is 0.215. The van der Waals surface area contributed by atoms with Crippen LogP contribution in [-0.4, -0.2) is 18.3 Å². The van der Waals surface area contributed by atoms with Crippen LogP contribution in [0.25, 0.3) is 0 Å². The van der Waals surface area contributed by atoms with Crippen LogP contribution in [0.15, 0.2) is 24.3 Å². The van der Waals surface area contributed by atoms with Gasteiger partial charge in [-0.05, 0) is 19.1 Å². The predicted molar refractivity (Wildman–Crippen MR) is 47.4 cm³/mol. The summed E-state index contributed by atoms with van der Waals surface area (Å²) >= 11 is 0. The maximum Gasteiger partial charge on any atom is 0.195 e. The van der Waals surface area contributed by atoms with Crippen LogP contribution in [0, 0.1) is 0 Å². The summed E-state index contributed by atoms with van der Waals surface area (Å²) < 4.78 is 10.9. The minimum atomic E-state index is -0.772. The first-order valence-electron chi connectivity index (χ1n) is 4.29. The molecule has 13 heavy (non-hydrogen) atoms. The third-order valence-corrected chi connectivity index (χ3v) is 2.23. The van der Waals surface area contributed by atoms with E-state index in [4.69, 9.17) is 9.47 Å². The molecule has 1 aliphatic heterocycles. The second kappa shape index (κ2) is 3.01. The number of ether oxygens (including phenoxy) is 2. The molecule has 1 heterocycles. The maximum absolute atomic E-state index is 9.58. The fourth-order valence-corrected chi connectivity index (χ4v) is 1.53. The summed E-state index contributed by atoms with van der Waals surface area (Å²) in [5.74, 6) is -0.558. The van der Waals surface area contributed by atoms with Crippen molar-refractivity contribution in [3.05, 3.63) is 29.8 Å². The highest BCUT2D eigenvalue weighted by atomic mass is 16.7. The normalized spacial score (nSPS) is 20.4. The van der Waals surface area contributed by atoms with Gasteiger partial charge in [0.25, 0.3) is 0 Å². The van der Waals surface area contributed by atoms with E-state index >= 15 is 0 Å². The summed E-state index contributed by atoms with van der Waals surface area (Å²) in [7, 11) is 0. The third kappa shape index (κ3) is 1.41. The zero-order valence-electron chi connectivity index (χ0n) is 7.49. The van der Waals surface area contributed by atoms with Crippen LogP contribution < -0.4 is 0 Å². The quantitative estimate of drug-likeness (QED) is 0.713. The van der Waals surface area contributed by atoms with Crippen molar-refractivity contribution in [3.8, 4) is 5.75 Å². The molecule has 0 atom stereocenters. The standard InChI is InChI=1S/C10H12O3/c1-10(12-6-7-13-10)8-4-2-3-5-9(8)11/h2-5,11H,6-7H2,1H3. The Balaban J connectivity index is 2.39. The van der Waals surface area contributed by atoms with Crippen LogP contribution in [-0.2, 0) is 15.3 Å². The molecule has 0 bridgehead atoms. The van der Waals surface area contributed by atoms with Gasteiger partial charge in [-0.25, -0.2) is 0 Å². The molecule has 70 valence electrons. The Labute approximate surface area is 76.9 Å². The lowest BCUT2D eigenvalue weighted by Gasteiger charge is -2.23. The molecule has 1 aromatic carbocycles. The topological polar surface area (TPSA) is 38.7 Å². The summed E-state index contributed by atoms with van der Waals surface area (Å²) in [6.45, 7) is 2.96. The van der Waals surface area contributed by atoms with Gasteiger partial charge in [-0.3, -0.25) is 0 Å². The summed E-state index contributed by atoms with van der Waals surface area (Å²) in [5, 5.41) is 9.58. The number of phenolic OH excluding ortho intramolecular Hbond substituents is 1. The van der Waals surface area contributed by atoms with Crippen molar-refractivity contribution in [2.75, 3.05) is 13.2 Å². The monoisotopic (exact) mass is 180 g/mol. The molecule has 0 spiro atoms. The molecule has 0 saturated carbocycles. The summed E-state index contributed by atoms with van der Waals surface area (Å²) in [6, 6.07) is 7.06. The van der Waals surface area contributed by atoms with Crippen LogP contribution in [0.4, 0.5) is 0 Å². The first kappa shape index (κ1) is 8.53. The van der Waals surface area contributed by atoms with Gasteiger partial charge in [0.2, 0.25) is 0 Å². The Kier molecular flexibility index (Phi) is 1.98. The minimum Gasteiger partial charge on any atom is -0.507 e. The van der Waals surface area contributed by atoms with E-state index in [9.17, 15) is 5.11 Å². The van der Waals surface area contributed by atoms with E-state index < -0.39 is 5.79 Å². The van der Waals surface area contributed by atoms with Gasteiger partial charge in [0.05, 0.1) is 18.8 Å². The molecule has 3 heteroatoms. The molecule has 1 aromatic rings. The summed E-state index contributed by atoms with van der Waals surface area (Å²) in [6.07, 6.45) is 0. The predicted octanol–water partition coefficient (Wildman–Crippen LogP) is 1.61. The highest BCUT2D eigenvalue weighted by Crippen LogP contribution is 2.35. The number of benzene rings is 1. The van der Waals surface area contributed by atoms with E-state index in [0.29, 0.717) is 18.8 Å². The molecule has 1 N–H and O–H groups in total. The van der Waals surface area contributed by atoms with Crippen molar-refractivity contribution in [2.45, 2.75) is 12.7 Å². The second-order valence-electron chi connectivity index (χ2n) is 3.16. The molecular weight excluding hydrogens is 168 g/mol. The zero-order chi connectivity index (χ0) is 9.31. The van der Waals surface area contributed by atoms with Crippen LogP contribution in [0.1, 0.15) is 12.5 Å². The lowest BCUT2D eigenvalue weighted by molar-refractivity contribution is -0.150. The smallest absolute Gasteiger partial charge is 0.195 e. The van der Waals surface area contributed by atoms with Crippen molar-refractivity contribution in [3.63, 3.8) is 0 Å². The molecule has 0 unspecified atom stereocenters. The largest absolute Gasteiger partial charge is 0.507 e. The Bertz CT molecular complexity index is 303. The third-order valence-electron chi connectivity index (χ3n) is 2.23. The molecule has 3 nitrogen and oxygen atoms in total. The summed E-state index contributed by atoms with van der Waals surface area (Å²) in [4.78, 5) is 0. The van der Waals surface area contributed by atoms with Crippen molar-refractivity contribution < 1.29 is 14.6 Å². The van der Waals surface area contributed by atoms with Crippen molar-refractivity contribution in [2.24, 2.45) is 0 Å². The number of para-hydroxylation sites is 1. The van der Waals surface area contributed by atoms with Crippen molar-refractivity contribution >= 4 is 0 Å². The van der Waals surface area contributed by atoms with Gasteiger partial charge in [0.15, 0.2) is 5.79 Å². The first-order chi connectivity index (χ1) is 6.22. The molecule has 1 aliphatic rings. The Morgan fingerprint density at radius 2 is 1.85 bits per heavy atom. The SMILES string of the molecule is CC1(c2ccccc2O)OCCO1. The first-order valence-corrected chi connectivity index (χ1v) is 4.29. The average Bonchev–Trinajstić information content (AvgIpc) is 2.54. The van der Waals surface area contributed by atoms with Gasteiger partial charge in [0.1, 0.15) is 5.75 Å². The molecule has 0 aromatic heterocycles. The van der Waals surface area contributed by atoms with Gasteiger partial charge in [-0.2, -0.15) is 0 Å². The number of hydrogen-bond acceptors (Lipinski definition) is 3. The van der Waals surface area contributed by atoms with Crippen molar-refractivity contribution in [1.82, 2.24) is 0 Å². The van der Waals surface area contributed by atoms with Crippen LogP contribution in [0.5, 0.6) is 5.75 Å². The number of phenols is 1. The van der Waals surface area contributed by atoms with E-state index in [0.717, 1.165) is 0 Å². The Morgan fingerprint density at radius 3 is 2.46 bits per heavy atom. The molecule has 2 rings (SSSR count). The molecule has 0 radical (unpaired) electrons. The van der Waals surface area contributed by atoms with E-state index in [1.54, 1.807) is 18.2 Å². The van der Waals surface area contributed by atoms with Gasteiger partial charge in [-0.15, -0.1) is 0 Å². The van der Waals surface area contributed by atoms with E-state index in [1.807, 2.05) is 13.0 Å². The van der Waals surface area contributed by atoms with Gasteiger partial charge in [0, 0.05) is 0 Å². The maximum atomic E-state index is 9.58. The van der Waals surface area contributed by atoms with Crippen LogP contribution in [0.2, 0.25) is 0 Å². The average molecular weight is 180 g/mol. The Hall–Kier alpha value is -1.06. The molecule has 1 saturated heterocycles. The van der Waals surface area contributed by atoms with Crippen LogP contribution >= 0.6 is 0 Å². The lowest BCUT2D eigenvalue weighted by atomic mass is 10.1. The zero-order valence-corrected chi connectivity index (χ0v) is 7.49. The van der Waals surface area contributed by atoms with Crippen molar-refractivity contribution in [1.29, 1.82) is 0 Å². The second-order valence-corrected chi connectivity index (χ2v) is 3.16. The van der Waals surface area contributed by atoms with E-state index in [2.05, 4.69) is 0 Å². The fourth-order valence-electron chi connectivity index (χ4n) is 1.53. The molecular formula is C10H12O3. The van der Waals surface area contributed by atoms with Gasteiger partial charge >= 0.3 is 0 Å². The molecule has 0 aliphatic carbocycles. The van der Waals surface area contributed by atoms with Crippen LogP contribution in [0.3, 0.4) is 0 Å². The highest BCUT2D eigenvalue weighted by molar-refractivity contribution is 5.35.